The van der Waals surface area contributed by atoms with Gasteiger partial charge >= 0.3 is 0 Å². The lowest BCUT2D eigenvalue weighted by atomic mass is 10.2. The molecule has 1 saturated carbocycles. The molecule has 2 unspecified atom stereocenters. The van der Waals surface area contributed by atoms with Gasteiger partial charge in [0.1, 0.15) is 0 Å². The van der Waals surface area contributed by atoms with Crippen molar-refractivity contribution in [1.82, 2.24) is 5.32 Å². The molecule has 0 radical (unpaired) electrons. The summed E-state index contributed by atoms with van der Waals surface area (Å²) in [5, 5.41) is 3.54. The zero-order valence-electron chi connectivity index (χ0n) is 6.68. The highest BCUT2D eigenvalue weighted by Gasteiger charge is 2.59. The molecule has 0 aromatic rings. The zero-order chi connectivity index (χ0) is 7.19. The second kappa shape index (κ2) is 1.95. The fourth-order valence-electron chi connectivity index (χ4n) is 2.09. The summed E-state index contributed by atoms with van der Waals surface area (Å²) in [5.41, 5.74) is 0.373. The summed E-state index contributed by atoms with van der Waals surface area (Å²) in [6.07, 6.45) is 0. The smallest absolute Gasteiger partial charge is 0.0654 e. The lowest BCUT2D eigenvalue weighted by Gasteiger charge is -2.25. The molecule has 0 bridgehead atoms. The number of hydrogen-bond acceptors (Lipinski definition) is 2. The van der Waals surface area contributed by atoms with Crippen LogP contribution in [0.15, 0.2) is 0 Å². The predicted molar refractivity (Wildman–Crippen MR) is 39.9 cm³/mol. The van der Waals surface area contributed by atoms with Crippen molar-refractivity contribution in [2.75, 3.05) is 19.8 Å². The summed E-state index contributed by atoms with van der Waals surface area (Å²) in [6.45, 7) is 7.45. The minimum absolute atomic E-state index is 0.373. The first kappa shape index (κ1) is 6.62. The molecule has 1 aliphatic heterocycles. The van der Waals surface area contributed by atoms with Gasteiger partial charge in [0.15, 0.2) is 0 Å². The third-order valence-electron chi connectivity index (χ3n) is 3.31. The van der Waals surface area contributed by atoms with Crippen molar-refractivity contribution < 1.29 is 4.74 Å². The van der Waals surface area contributed by atoms with Gasteiger partial charge in [-0.25, -0.2) is 0 Å². The maximum absolute atomic E-state index is 5.43. The van der Waals surface area contributed by atoms with Crippen molar-refractivity contribution in [3.63, 3.8) is 0 Å². The van der Waals surface area contributed by atoms with Crippen molar-refractivity contribution in [2.45, 2.75) is 19.4 Å². The first-order chi connectivity index (χ1) is 4.77. The van der Waals surface area contributed by atoms with E-state index in [1.54, 1.807) is 0 Å². The van der Waals surface area contributed by atoms with Gasteiger partial charge in [-0.05, 0) is 11.8 Å². The minimum atomic E-state index is 0.373. The zero-order valence-corrected chi connectivity index (χ0v) is 6.68. The highest BCUT2D eigenvalue weighted by atomic mass is 16.5. The minimum Gasteiger partial charge on any atom is -0.378 e. The maximum atomic E-state index is 5.43. The van der Waals surface area contributed by atoms with E-state index in [-0.39, 0.29) is 0 Å². The molecule has 58 valence electrons. The van der Waals surface area contributed by atoms with Crippen LogP contribution in [0.25, 0.3) is 0 Å². The van der Waals surface area contributed by atoms with Crippen LogP contribution < -0.4 is 5.32 Å². The van der Waals surface area contributed by atoms with Crippen LogP contribution in [0, 0.1) is 11.8 Å². The fourth-order valence-corrected chi connectivity index (χ4v) is 2.09. The molecule has 1 aliphatic carbocycles. The van der Waals surface area contributed by atoms with E-state index in [4.69, 9.17) is 4.74 Å². The Morgan fingerprint density at radius 3 is 2.40 bits per heavy atom. The molecule has 2 nitrogen and oxygen atoms in total. The van der Waals surface area contributed by atoms with E-state index in [1.807, 2.05) is 0 Å². The molecule has 2 heteroatoms. The Labute approximate surface area is 61.9 Å². The molecule has 1 saturated heterocycles. The molecule has 0 aromatic heterocycles. The van der Waals surface area contributed by atoms with Gasteiger partial charge in [0.25, 0.3) is 0 Å². The molecule has 2 fully saturated rings. The van der Waals surface area contributed by atoms with Gasteiger partial charge in [-0.2, -0.15) is 0 Å². The van der Waals surface area contributed by atoms with Gasteiger partial charge in [0.2, 0.25) is 0 Å². The Morgan fingerprint density at radius 2 is 2.10 bits per heavy atom. The quantitative estimate of drug-likeness (QED) is 0.534. The summed E-state index contributed by atoms with van der Waals surface area (Å²) < 4.78 is 5.43. The van der Waals surface area contributed by atoms with Crippen LogP contribution in [-0.4, -0.2) is 25.3 Å². The fraction of sp³-hybridized carbons (Fsp3) is 1.00. The molecule has 2 aliphatic rings. The largest absolute Gasteiger partial charge is 0.378 e. The van der Waals surface area contributed by atoms with Gasteiger partial charge in [-0.3, -0.25) is 0 Å². The molecule has 1 N–H and O–H groups in total. The second-order valence-corrected chi connectivity index (χ2v) is 3.60. The monoisotopic (exact) mass is 141 g/mol. The standard InChI is InChI=1S/C8H15NO/c1-6-7(2)8(6)5-10-4-3-9-8/h6-7,9H,3-5H2,1-2H3. The first-order valence-electron chi connectivity index (χ1n) is 4.10. The van der Waals surface area contributed by atoms with Gasteiger partial charge in [-0.1, -0.05) is 13.8 Å². The van der Waals surface area contributed by atoms with Crippen LogP contribution in [0.4, 0.5) is 0 Å². The first-order valence-corrected chi connectivity index (χ1v) is 4.10. The second-order valence-electron chi connectivity index (χ2n) is 3.60. The molecule has 1 spiro atoms. The van der Waals surface area contributed by atoms with Crippen LogP contribution in [-0.2, 0) is 4.74 Å². The number of hydrogen-bond donors (Lipinski definition) is 1. The summed E-state index contributed by atoms with van der Waals surface area (Å²) in [4.78, 5) is 0. The van der Waals surface area contributed by atoms with E-state index in [1.165, 1.54) is 0 Å². The average Bonchev–Trinajstić information content (AvgIpc) is 2.45. The van der Waals surface area contributed by atoms with E-state index < -0.39 is 0 Å². The van der Waals surface area contributed by atoms with Gasteiger partial charge in [0, 0.05) is 12.1 Å². The summed E-state index contributed by atoms with van der Waals surface area (Å²) >= 11 is 0. The van der Waals surface area contributed by atoms with E-state index in [2.05, 4.69) is 19.2 Å². The SMILES string of the molecule is CC1C(C)C12COCCN2. The third-order valence-corrected chi connectivity index (χ3v) is 3.31. The summed E-state index contributed by atoms with van der Waals surface area (Å²) in [7, 11) is 0. The van der Waals surface area contributed by atoms with Gasteiger partial charge in [0.05, 0.1) is 13.2 Å². The molecular weight excluding hydrogens is 126 g/mol. The van der Waals surface area contributed by atoms with Crippen LogP contribution in [0.2, 0.25) is 0 Å². The van der Waals surface area contributed by atoms with E-state index >= 15 is 0 Å². The third kappa shape index (κ3) is 0.663. The van der Waals surface area contributed by atoms with Crippen molar-refractivity contribution in [3.05, 3.63) is 0 Å². The van der Waals surface area contributed by atoms with Crippen molar-refractivity contribution >= 4 is 0 Å². The lowest BCUT2D eigenvalue weighted by Crippen LogP contribution is -2.45. The van der Waals surface area contributed by atoms with E-state index in [9.17, 15) is 0 Å². The van der Waals surface area contributed by atoms with E-state index in [0.29, 0.717) is 5.54 Å². The maximum Gasteiger partial charge on any atom is 0.0654 e. The normalized spacial score (nSPS) is 53.4. The molecule has 2 rings (SSSR count). The van der Waals surface area contributed by atoms with Gasteiger partial charge in [-0.15, -0.1) is 0 Å². The Morgan fingerprint density at radius 1 is 1.40 bits per heavy atom. The Balaban J connectivity index is 2.03. The topological polar surface area (TPSA) is 21.3 Å². The predicted octanol–water partition coefficient (Wildman–Crippen LogP) is 0.631. The average molecular weight is 141 g/mol. The van der Waals surface area contributed by atoms with E-state index in [0.717, 1.165) is 31.6 Å². The van der Waals surface area contributed by atoms with Crippen LogP contribution in [0.1, 0.15) is 13.8 Å². The van der Waals surface area contributed by atoms with Crippen LogP contribution >= 0.6 is 0 Å². The summed E-state index contributed by atoms with van der Waals surface area (Å²) in [5.74, 6) is 1.63. The molecule has 1 heterocycles. The van der Waals surface area contributed by atoms with Crippen LogP contribution in [0.3, 0.4) is 0 Å². The van der Waals surface area contributed by atoms with Crippen molar-refractivity contribution in [2.24, 2.45) is 11.8 Å². The highest BCUT2D eigenvalue weighted by Crippen LogP contribution is 2.50. The molecule has 10 heavy (non-hydrogen) atoms. The number of morpholine rings is 1. The molecular formula is C8H15NO. The number of rotatable bonds is 0. The number of nitrogens with one attached hydrogen (secondary N) is 1. The molecule has 2 atom stereocenters. The summed E-state index contributed by atoms with van der Waals surface area (Å²) in [6, 6.07) is 0. The molecule has 0 aromatic carbocycles. The Bertz CT molecular complexity index is 130. The number of ether oxygens (including phenoxy) is 1. The Kier molecular flexibility index (Phi) is 1.29. The van der Waals surface area contributed by atoms with Crippen LogP contribution in [0.5, 0.6) is 0 Å². The van der Waals surface area contributed by atoms with Gasteiger partial charge < -0.3 is 10.1 Å². The molecule has 0 amide bonds. The van der Waals surface area contributed by atoms with Crippen molar-refractivity contribution in [1.29, 1.82) is 0 Å². The lowest BCUT2D eigenvalue weighted by molar-refractivity contribution is 0.0592. The van der Waals surface area contributed by atoms with Crippen molar-refractivity contribution in [3.8, 4) is 0 Å². The Hall–Kier alpha value is -0.0800. The highest BCUT2D eigenvalue weighted by molar-refractivity contribution is 5.15.